The van der Waals surface area contributed by atoms with E-state index in [2.05, 4.69) is 4.90 Å². The fourth-order valence-corrected chi connectivity index (χ4v) is 4.15. The number of ether oxygens (including phenoxy) is 1. The number of nitrogens with zero attached hydrogens (tertiary/aromatic N) is 2. The van der Waals surface area contributed by atoms with E-state index < -0.39 is 12.2 Å². The maximum Gasteiger partial charge on any atom is 0.254 e. The van der Waals surface area contributed by atoms with Crippen LogP contribution < -0.4 is 0 Å². The number of aliphatic hydroxyl groups excluding tert-OH is 2. The third-order valence-corrected chi connectivity index (χ3v) is 5.87. The zero-order valence-corrected chi connectivity index (χ0v) is 14.6. The minimum absolute atomic E-state index is 0.0199. The molecule has 3 aliphatic rings. The molecule has 3 saturated heterocycles. The number of carbonyl (C=O) groups excluding carboxylic acids is 1. The van der Waals surface area contributed by atoms with Crippen molar-refractivity contribution in [3.05, 3.63) is 0 Å². The molecule has 6 nitrogen and oxygen atoms in total. The van der Waals surface area contributed by atoms with Crippen LogP contribution in [0.3, 0.4) is 0 Å². The van der Waals surface area contributed by atoms with E-state index in [9.17, 15) is 15.0 Å². The number of amides is 1. The van der Waals surface area contributed by atoms with Crippen molar-refractivity contribution in [2.45, 2.75) is 63.3 Å². The first-order chi connectivity index (χ1) is 11.7. The summed E-state index contributed by atoms with van der Waals surface area (Å²) < 4.78 is 6.00. The van der Waals surface area contributed by atoms with Crippen molar-refractivity contribution in [1.29, 1.82) is 0 Å². The van der Waals surface area contributed by atoms with E-state index in [1.54, 1.807) is 0 Å². The van der Waals surface area contributed by atoms with Crippen molar-refractivity contribution < 1.29 is 19.7 Å². The average Bonchev–Trinajstić information content (AvgIpc) is 3.15. The van der Waals surface area contributed by atoms with Crippen LogP contribution in [0.25, 0.3) is 0 Å². The molecule has 3 heterocycles. The Morgan fingerprint density at radius 2 is 1.75 bits per heavy atom. The summed E-state index contributed by atoms with van der Waals surface area (Å²) in [5.41, 5.74) is 0. The summed E-state index contributed by atoms with van der Waals surface area (Å²) in [5.74, 6) is 0.443. The van der Waals surface area contributed by atoms with E-state index in [1.807, 2.05) is 4.90 Å². The fraction of sp³-hybridized carbons (Fsp3) is 0.944. The van der Waals surface area contributed by atoms with Gasteiger partial charge in [-0.3, -0.25) is 4.79 Å². The average molecular weight is 340 g/mol. The number of rotatable bonds is 5. The Hall–Kier alpha value is -0.690. The lowest BCUT2D eigenvalue weighted by atomic mass is 9.96. The molecule has 3 rings (SSSR count). The van der Waals surface area contributed by atoms with Gasteiger partial charge in [0.2, 0.25) is 0 Å². The SMILES string of the molecule is O=C([C@H]1O[C@H](CCN2CCC(CO)CC2)CC[C@@H]1O)N1CCCC1. The van der Waals surface area contributed by atoms with E-state index in [0.29, 0.717) is 18.9 Å². The van der Waals surface area contributed by atoms with E-state index >= 15 is 0 Å². The van der Waals surface area contributed by atoms with Crippen LogP contribution in [0.5, 0.6) is 0 Å². The van der Waals surface area contributed by atoms with Crippen LogP contribution in [0.4, 0.5) is 0 Å². The number of hydrogen-bond donors (Lipinski definition) is 2. The predicted octanol–water partition coefficient (Wildman–Crippen LogP) is 0.612. The molecule has 0 bridgehead atoms. The van der Waals surface area contributed by atoms with Gasteiger partial charge >= 0.3 is 0 Å². The van der Waals surface area contributed by atoms with Crippen LogP contribution >= 0.6 is 0 Å². The molecular formula is C18H32N2O4. The molecule has 2 N–H and O–H groups in total. The molecule has 3 atom stereocenters. The zero-order chi connectivity index (χ0) is 16.9. The fourth-order valence-electron chi connectivity index (χ4n) is 4.15. The lowest BCUT2D eigenvalue weighted by molar-refractivity contribution is -0.167. The van der Waals surface area contributed by atoms with Crippen molar-refractivity contribution in [1.82, 2.24) is 9.80 Å². The Bertz CT molecular complexity index is 406. The highest BCUT2D eigenvalue weighted by atomic mass is 16.5. The second-order valence-electron chi connectivity index (χ2n) is 7.61. The van der Waals surface area contributed by atoms with Gasteiger partial charge in [-0.2, -0.15) is 0 Å². The Labute approximate surface area is 144 Å². The Balaban J connectivity index is 1.44. The first-order valence-corrected chi connectivity index (χ1v) is 9.63. The standard InChI is InChI=1S/C18H32N2O4/c21-13-14-5-10-19(11-6-14)12-7-15-3-4-16(22)17(24-15)18(23)20-8-1-2-9-20/h14-17,21-22H,1-13H2/t15-,16-,17-/m0/s1. The summed E-state index contributed by atoms with van der Waals surface area (Å²) in [4.78, 5) is 16.8. The first-order valence-electron chi connectivity index (χ1n) is 9.63. The van der Waals surface area contributed by atoms with Crippen molar-refractivity contribution in [3.8, 4) is 0 Å². The molecular weight excluding hydrogens is 308 g/mol. The summed E-state index contributed by atoms with van der Waals surface area (Å²) in [6.07, 6.45) is 5.40. The Morgan fingerprint density at radius 3 is 2.42 bits per heavy atom. The quantitative estimate of drug-likeness (QED) is 0.767. The van der Waals surface area contributed by atoms with E-state index in [0.717, 1.165) is 71.2 Å². The zero-order valence-electron chi connectivity index (χ0n) is 14.6. The van der Waals surface area contributed by atoms with E-state index in [1.165, 1.54) is 0 Å². The first kappa shape index (κ1) is 18.1. The van der Waals surface area contributed by atoms with Crippen LogP contribution in [-0.2, 0) is 9.53 Å². The minimum atomic E-state index is -0.665. The molecule has 24 heavy (non-hydrogen) atoms. The molecule has 3 aliphatic heterocycles. The molecule has 0 aromatic heterocycles. The van der Waals surface area contributed by atoms with Gasteiger partial charge < -0.3 is 24.7 Å². The van der Waals surface area contributed by atoms with E-state index in [-0.39, 0.29) is 12.0 Å². The lowest BCUT2D eigenvalue weighted by Gasteiger charge is -2.37. The number of carbonyl (C=O) groups is 1. The smallest absolute Gasteiger partial charge is 0.254 e. The van der Waals surface area contributed by atoms with Crippen molar-refractivity contribution in [2.24, 2.45) is 5.92 Å². The van der Waals surface area contributed by atoms with Gasteiger partial charge in [-0.1, -0.05) is 0 Å². The summed E-state index contributed by atoms with van der Waals surface area (Å²) >= 11 is 0. The largest absolute Gasteiger partial charge is 0.396 e. The molecule has 1 amide bonds. The minimum Gasteiger partial charge on any atom is -0.396 e. The maximum absolute atomic E-state index is 12.5. The summed E-state index contributed by atoms with van der Waals surface area (Å²) in [6, 6.07) is 0. The highest BCUT2D eigenvalue weighted by molar-refractivity contribution is 5.82. The van der Waals surface area contributed by atoms with Crippen LogP contribution in [0.2, 0.25) is 0 Å². The van der Waals surface area contributed by atoms with Crippen LogP contribution in [-0.4, -0.2) is 83.6 Å². The van der Waals surface area contributed by atoms with Gasteiger partial charge in [0.1, 0.15) is 0 Å². The molecule has 0 saturated carbocycles. The van der Waals surface area contributed by atoms with Gasteiger partial charge in [0.15, 0.2) is 6.10 Å². The van der Waals surface area contributed by atoms with Crippen LogP contribution in [0.15, 0.2) is 0 Å². The molecule has 0 aliphatic carbocycles. The molecule has 0 aromatic carbocycles. The Kier molecular flexibility index (Phi) is 6.49. The molecule has 0 unspecified atom stereocenters. The topological polar surface area (TPSA) is 73.2 Å². The molecule has 3 fully saturated rings. The van der Waals surface area contributed by atoms with Crippen LogP contribution in [0, 0.1) is 5.92 Å². The van der Waals surface area contributed by atoms with Gasteiger partial charge in [-0.15, -0.1) is 0 Å². The molecule has 0 radical (unpaired) electrons. The Morgan fingerprint density at radius 1 is 1.04 bits per heavy atom. The number of aliphatic hydroxyl groups is 2. The molecule has 0 spiro atoms. The maximum atomic E-state index is 12.5. The number of piperidine rings is 1. The number of likely N-dealkylation sites (tertiary alicyclic amines) is 2. The third kappa shape index (κ3) is 4.48. The monoisotopic (exact) mass is 340 g/mol. The summed E-state index contributed by atoms with van der Waals surface area (Å²) in [5, 5.41) is 19.4. The van der Waals surface area contributed by atoms with Crippen molar-refractivity contribution in [3.63, 3.8) is 0 Å². The molecule has 138 valence electrons. The van der Waals surface area contributed by atoms with Gasteiger partial charge in [0.25, 0.3) is 5.91 Å². The molecule has 0 aromatic rings. The summed E-state index contributed by atoms with van der Waals surface area (Å²) in [6.45, 7) is 4.96. The number of hydrogen-bond acceptors (Lipinski definition) is 5. The second-order valence-corrected chi connectivity index (χ2v) is 7.61. The summed E-state index contributed by atoms with van der Waals surface area (Å²) in [7, 11) is 0. The van der Waals surface area contributed by atoms with Crippen LogP contribution in [0.1, 0.15) is 44.9 Å². The lowest BCUT2D eigenvalue weighted by Crippen LogP contribution is -2.50. The highest BCUT2D eigenvalue weighted by Crippen LogP contribution is 2.25. The van der Waals surface area contributed by atoms with Crippen molar-refractivity contribution in [2.75, 3.05) is 39.3 Å². The van der Waals surface area contributed by atoms with Gasteiger partial charge in [0, 0.05) is 26.2 Å². The predicted molar refractivity (Wildman–Crippen MR) is 90.6 cm³/mol. The normalized spacial score (nSPS) is 33.1. The highest BCUT2D eigenvalue weighted by Gasteiger charge is 2.38. The van der Waals surface area contributed by atoms with Gasteiger partial charge in [-0.05, 0) is 64.0 Å². The third-order valence-electron chi connectivity index (χ3n) is 5.87. The van der Waals surface area contributed by atoms with E-state index in [4.69, 9.17) is 4.74 Å². The van der Waals surface area contributed by atoms with Gasteiger partial charge in [0.05, 0.1) is 12.2 Å². The van der Waals surface area contributed by atoms with Crippen molar-refractivity contribution >= 4 is 5.91 Å². The second kappa shape index (κ2) is 8.61. The molecule has 6 heteroatoms. The van der Waals surface area contributed by atoms with Gasteiger partial charge in [-0.25, -0.2) is 0 Å².